The molecule has 0 saturated carbocycles. The van der Waals surface area contributed by atoms with E-state index in [-0.39, 0.29) is 11.4 Å². The Morgan fingerprint density at radius 3 is 2.23 bits per heavy atom. The molecule has 7 heteroatoms. The Balaban J connectivity index is 2.52. The maximum atomic E-state index is 12.4. The van der Waals surface area contributed by atoms with E-state index in [1.807, 2.05) is 11.9 Å². The summed E-state index contributed by atoms with van der Waals surface area (Å²) in [6, 6.07) is 0. The maximum absolute atomic E-state index is 12.4. The molecule has 7 nitrogen and oxygen atoms in total. The fraction of sp³-hybridized carbons (Fsp3) is 0.667. The summed E-state index contributed by atoms with van der Waals surface area (Å²) in [7, 11) is 2.85. The second kappa shape index (κ2) is 6.81. The van der Waals surface area contributed by atoms with Gasteiger partial charge in [-0.1, -0.05) is 19.8 Å². The Bertz CT molecular complexity index is 679. The molecule has 1 aliphatic heterocycles. The van der Waals surface area contributed by atoms with Crippen molar-refractivity contribution in [1.29, 1.82) is 0 Å². The molecule has 22 heavy (non-hydrogen) atoms. The minimum absolute atomic E-state index is 0.122. The molecule has 0 amide bonds. The quantitative estimate of drug-likeness (QED) is 0.837. The van der Waals surface area contributed by atoms with E-state index in [0.717, 1.165) is 35.1 Å². The van der Waals surface area contributed by atoms with E-state index >= 15 is 0 Å². The predicted octanol–water partition coefficient (Wildman–Crippen LogP) is 0.780. The average molecular weight is 308 g/mol. The van der Waals surface area contributed by atoms with E-state index in [1.165, 1.54) is 26.9 Å². The zero-order valence-corrected chi connectivity index (χ0v) is 13.5. The molecule has 0 bridgehead atoms. The zero-order valence-electron chi connectivity index (χ0n) is 13.5. The Kier molecular flexibility index (Phi) is 5.05. The molecule has 122 valence electrons. The van der Waals surface area contributed by atoms with Crippen molar-refractivity contribution < 1.29 is 5.11 Å². The Morgan fingerprint density at radius 1 is 1.09 bits per heavy atom. The molecule has 1 aromatic rings. The van der Waals surface area contributed by atoms with Crippen molar-refractivity contribution in [2.75, 3.05) is 13.1 Å². The van der Waals surface area contributed by atoms with Gasteiger partial charge >= 0.3 is 5.69 Å². The van der Waals surface area contributed by atoms with Gasteiger partial charge in [-0.05, 0) is 19.3 Å². The van der Waals surface area contributed by atoms with Gasteiger partial charge in [-0.3, -0.25) is 18.9 Å². The van der Waals surface area contributed by atoms with Crippen LogP contribution in [0, 0.1) is 0 Å². The van der Waals surface area contributed by atoms with Crippen LogP contribution < -0.4 is 11.2 Å². The highest BCUT2D eigenvalue weighted by Crippen LogP contribution is 2.15. The highest BCUT2D eigenvalue weighted by Gasteiger charge is 2.20. The van der Waals surface area contributed by atoms with Crippen molar-refractivity contribution >= 4 is 5.71 Å². The Labute approximate surface area is 129 Å². The molecular weight excluding hydrogens is 284 g/mol. The van der Waals surface area contributed by atoms with Gasteiger partial charge in [0.1, 0.15) is 5.56 Å². The lowest BCUT2D eigenvalue weighted by molar-refractivity contribution is 0.300. The molecule has 1 N–H and O–H groups in total. The van der Waals surface area contributed by atoms with Crippen molar-refractivity contribution in [2.45, 2.75) is 39.0 Å². The SMILES string of the molecule is CC/C(=N\N1CCCCCC1)c1c(O)n(C)c(=O)n(C)c1=O. The standard InChI is InChI=1S/C15H24N4O3/c1-4-11(16-19-9-7-5-6-8-10-19)12-13(20)17(2)15(22)18(3)14(12)21/h20H,4-10H2,1-3H3/b16-11+. The number of rotatable bonds is 3. The van der Waals surface area contributed by atoms with Gasteiger partial charge in [0.2, 0.25) is 5.88 Å². The summed E-state index contributed by atoms with van der Waals surface area (Å²) in [6.45, 7) is 3.60. The van der Waals surface area contributed by atoms with Gasteiger partial charge in [0.15, 0.2) is 0 Å². The predicted molar refractivity (Wildman–Crippen MR) is 85.5 cm³/mol. The number of aromatic nitrogens is 2. The van der Waals surface area contributed by atoms with E-state index in [2.05, 4.69) is 5.10 Å². The molecular formula is C15H24N4O3. The first-order valence-corrected chi connectivity index (χ1v) is 7.79. The highest BCUT2D eigenvalue weighted by atomic mass is 16.3. The number of hydrogen-bond acceptors (Lipinski definition) is 5. The number of hydrogen-bond donors (Lipinski definition) is 1. The van der Waals surface area contributed by atoms with E-state index in [9.17, 15) is 14.7 Å². The summed E-state index contributed by atoms with van der Waals surface area (Å²) < 4.78 is 2.08. The van der Waals surface area contributed by atoms with E-state index in [4.69, 9.17) is 0 Å². The van der Waals surface area contributed by atoms with Gasteiger partial charge in [0.05, 0.1) is 5.71 Å². The molecule has 0 unspecified atom stereocenters. The lowest BCUT2D eigenvalue weighted by Crippen LogP contribution is -2.40. The number of hydrazone groups is 1. The third-order valence-electron chi connectivity index (χ3n) is 4.10. The van der Waals surface area contributed by atoms with Gasteiger partial charge in [-0.15, -0.1) is 0 Å². The third kappa shape index (κ3) is 3.08. The van der Waals surface area contributed by atoms with Crippen LogP contribution in [0.3, 0.4) is 0 Å². The van der Waals surface area contributed by atoms with Crippen LogP contribution in [0.2, 0.25) is 0 Å². The lowest BCUT2D eigenvalue weighted by atomic mass is 10.1. The van der Waals surface area contributed by atoms with Crippen molar-refractivity contribution in [2.24, 2.45) is 19.2 Å². The fourth-order valence-corrected chi connectivity index (χ4v) is 2.71. The second-order valence-corrected chi connectivity index (χ2v) is 5.67. The Morgan fingerprint density at radius 2 is 1.68 bits per heavy atom. The van der Waals surface area contributed by atoms with Crippen LogP contribution in [-0.2, 0) is 14.1 Å². The highest BCUT2D eigenvalue weighted by molar-refractivity contribution is 6.01. The summed E-state index contributed by atoms with van der Waals surface area (Å²) in [5.41, 5.74) is -0.403. The number of aromatic hydroxyl groups is 1. The average Bonchev–Trinajstić information content (AvgIpc) is 2.78. The molecule has 1 aromatic heterocycles. The number of nitrogens with zero attached hydrogens (tertiary/aromatic N) is 4. The van der Waals surface area contributed by atoms with Crippen LogP contribution in [0.25, 0.3) is 0 Å². The van der Waals surface area contributed by atoms with Gasteiger partial charge < -0.3 is 5.11 Å². The molecule has 0 aliphatic carbocycles. The lowest BCUT2D eigenvalue weighted by Gasteiger charge is -2.19. The van der Waals surface area contributed by atoms with Gasteiger partial charge in [0.25, 0.3) is 5.56 Å². The van der Waals surface area contributed by atoms with Gasteiger partial charge in [0, 0.05) is 27.2 Å². The Hall–Kier alpha value is -2.05. The summed E-state index contributed by atoms with van der Waals surface area (Å²) in [4.78, 5) is 24.2. The third-order valence-corrected chi connectivity index (χ3v) is 4.10. The topological polar surface area (TPSA) is 79.8 Å². The van der Waals surface area contributed by atoms with E-state index in [0.29, 0.717) is 12.1 Å². The summed E-state index contributed by atoms with van der Waals surface area (Å²) in [5.74, 6) is -0.316. The zero-order chi connectivity index (χ0) is 16.3. The molecule has 0 spiro atoms. The van der Waals surface area contributed by atoms with E-state index < -0.39 is 11.2 Å². The van der Waals surface area contributed by atoms with Crippen molar-refractivity contribution in [3.8, 4) is 5.88 Å². The molecule has 0 radical (unpaired) electrons. The van der Waals surface area contributed by atoms with Gasteiger partial charge in [-0.2, -0.15) is 5.10 Å². The van der Waals surface area contributed by atoms with Crippen LogP contribution in [0.5, 0.6) is 5.88 Å². The maximum Gasteiger partial charge on any atom is 0.333 e. The second-order valence-electron chi connectivity index (χ2n) is 5.67. The van der Waals surface area contributed by atoms with Crippen molar-refractivity contribution in [3.63, 3.8) is 0 Å². The largest absolute Gasteiger partial charge is 0.494 e. The molecule has 1 fully saturated rings. The first kappa shape index (κ1) is 16.3. The van der Waals surface area contributed by atoms with Crippen molar-refractivity contribution in [1.82, 2.24) is 14.1 Å². The molecule has 2 heterocycles. The van der Waals surface area contributed by atoms with Crippen LogP contribution in [-0.4, -0.2) is 38.1 Å². The van der Waals surface area contributed by atoms with Crippen LogP contribution >= 0.6 is 0 Å². The summed E-state index contributed by atoms with van der Waals surface area (Å²) in [5, 5.41) is 16.8. The molecule has 2 rings (SSSR count). The van der Waals surface area contributed by atoms with E-state index in [1.54, 1.807) is 0 Å². The van der Waals surface area contributed by atoms with Crippen LogP contribution in [0.4, 0.5) is 0 Å². The van der Waals surface area contributed by atoms with Crippen molar-refractivity contribution in [3.05, 3.63) is 26.4 Å². The smallest absolute Gasteiger partial charge is 0.333 e. The monoisotopic (exact) mass is 308 g/mol. The minimum atomic E-state index is -0.545. The molecule has 1 saturated heterocycles. The summed E-state index contributed by atoms with van der Waals surface area (Å²) >= 11 is 0. The first-order chi connectivity index (χ1) is 10.5. The van der Waals surface area contributed by atoms with Crippen LogP contribution in [0.15, 0.2) is 14.7 Å². The molecule has 1 aliphatic rings. The first-order valence-electron chi connectivity index (χ1n) is 7.79. The van der Waals surface area contributed by atoms with Crippen LogP contribution in [0.1, 0.15) is 44.6 Å². The minimum Gasteiger partial charge on any atom is -0.494 e. The molecule has 0 aromatic carbocycles. The fourth-order valence-electron chi connectivity index (χ4n) is 2.71. The molecule has 0 atom stereocenters. The van der Waals surface area contributed by atoms with Gasteiger partial charge in [-0.25, -0.2) is 4.79 Å². The normalized spacial score (nSPS) is 16.7. The summed E-state index contributed by atoms with van der Waals surface area (Å²) in [6.07, 6.45) is 5.06.